The smallest absolute Gasteiger partial charge is 0.282 e. The minimum atomic E-state index is -0.530. The second kappa shape index (κ2) is 11.1. The number of fused-ring (bicyclic) bond motifs is 2. The SMILES string of the molecule is O=C(COc1ccc(C=Nn2c(-c3cc4cc(Cl)ccc4o3)nc3ccccc3c2=O)cc1)Nc1ccccc1F. The molecule has 41 heavy (non-hydrogen) atoms. The molecule has 0 saturated carbocycles. The zero-order chi connectivity index (χ0) is 28.3. The Balaban J connectivity index is 1.24. The van der Waals surface area contributed by atoms with Gasteiger partial charge in [-0.25, -0.2) is 9.37 Å². The quantitative estimate of drug-likeness (QED) is 0.222. The first-order valence-corrected chi connectivity index (χ1v) is 12.9. The second-order valence-corrected chi connectivity index (χ2v) is 9.43. The summed E-state index contributed by atoms with van der Waals surface area (Å²) in [5.74, 6) is -0.00263. The van der Waals surface area contributed by atoms with Crippen molar-refractivity contribution < 1.29 is 18.3 Å². The Morgan fingerprint density at radius 1 is 1.02 bits per heavy atom. The summed E-state index contributed by atoms with van der Waals surface area (Å²) in [6, 6.07) is 26.6. The number of carbonyl (C=O) groups is 1. The van der Waals surface area contributed by atoms with E-state index in [9.17, 15) is 14.0 Å². The van der Waals surface area contributed by atoms with Crippen molar-refractivity contribution in [3.8, 4) is 17.3 Å². The van der Waals surface area contributed by atoms with Crippen molar-refractivity contribution in [3.05, 3.63) is 124 Å². The molecule has 0 saturated heterocycles. The van der Waals surface area contributed by atoms with Crippen LogP contribution in [-0.2, 0) is 4.79 Å². The first-order valence-electron chi connectivity index (χ1n) is 12.5. The van der Waals surface area contributed by atoms with Crippen molar-refractivity contribution in [2.75, 3.05) is 11.9 Å². The molecule has 2 aromatic heterocycles. The average molecular weight is 567 g/mol. The molecule has 0 spiro atoms. The molecule has 6 aromatic rings. The Kier molecular flexibility index (Phi) is 7.01. The molecule has 0 aliphatic carbocycles. The summed E-state index contributed by atoms with van der Waals surface area (Å²) in [4.78, 5) is 30.2. The van der Waals surface area contributed by atoms with Gasteiger partial charge in [0.05, 0.1) is 22.8 Å². The molecule has 0 aliphatic heterocycles. The van der Waals surface area contributed by atoms with Crippen LogP contribution in [-0.4, -0.2) is 28.4 Å². The van der Waals surface area contributed by atoms with E-state index in [2.05, 4.69) is 15.4 Å². The third kappa shape index (κ3) is 5.57. The highest BCUT2D eigenvalue weighted by Gasteiger charge is 2.16. The number of benzene rings is 4. The summed E-state index contributed by atoms with van der Waals surface area (Å²) in [5, 5.41) is 8.64. The molecule has 8 nitrogen and oxygen atoms in total. The molecule has 0 fully saturated rings. The molecule has 6 rings (SSSR count). The lowest BCUT2D eigenvalue weighted by molar-refractivity contribution is -0.118. The molecule has 2 heterocycles. The van der Waals surface area contributed by atoms with Crippen molar-refractivity contribution in [3.63, 3.8) is 0 Å². The van der Waals surface area contributed by atoms with Crippen LogP contribution in [0.2, 0.25) is 5.02 Å². The zero-order valence-electron chi connectivity index (χ0n) is 21.3. The number of rotatable bonds is 7. The average Bonchev–Trinajstić information content (AvgIpc) is 3.40. The van der Waals surface area contributed by atoms with Crippen LogP contribution in [0.25, 0.3) is 33.5 Å². The Hall–Kier alpha value is -5.28. The van der Waals surface area contributed by atoms with Gasteiger partial charge in [-0.1, -0.05) is 35.9 Å². The second-order valence-electron chi connectivity index (χ2n) is 8.99. The number of anilines is 1. The molecule has 1 amide bonds. The third-order valence-corrected chi connectivity index (χ3v) is 6.41. The number of hydrogen-bond donors (Lipinski definition) is 1. The first-order chi connectivity index (χ1) is 19.9. The monoisotopic (exact) mass is 566 g/mol. The predicted octanol–water partition coefficient (Wildman–Crippen LogP) is 6.50. The van der Waals surface area contributed by atoms with Crippen molar-refractivity contribution in [1.29, 1.82) is 0 Å². The van der Waals surface area contributed by atoms with Gasteiger partial charge in [-0.15, -0.1) is 0 Å². The topological polar surface area (TPSA) is 98.7 Å². The van der Waals surface area contributed by atoms with Gasteiger partial charge in [0.2, 0.25) is 5.82 Å². The van der Waals surface area contributed by atoms with E-state index in [1.54, 1.807) is 78.9 Å². The maximum Gasteiger partial charge on any atom is 0.282 e. The highest BCUT2D eigenvalue weighted by atomic mass is 35.5. The number of furan rings is 1. The number of amides is 1. The summed E-state index contributed by atoms with van der Waals surface area (Å²) in [6.07, 6.45) is 1.51. The number of para-hydroxylation sites is 2. The standard InChI is InChI=1S/C31H20ClFN4O4/c32-21-11-14-27-20(15-21)16-28(41-27)30-36-25-7-3-1-5-23(25)31(39)37(30)34-17-19-9-12-22(13-10-19)40-18-29(38)35-26-8-4-2-6-24(26)33/h1-17H,18H2,(H,35,38). The van der Waals surface area contributed by atoms with Crippen LogP contribution in [0.1, 0.15) is 5.56 Å². The van der Waals surface area contributed by atoms with E-state index in [-0.39, 0.29) is 23.7 Å². The van der Waals surface area contributed by atoms with Gasteiger partial charge in [0.15, 0.2) is 12.4 Å². The Labute approximate surface area is 237 Å². The summed E-state index contributed by atoms with van der Waals surface area (Å²) in [5.41, 5.74) is 1.49. The molecule has 0 unspecified atom stereocenters. The maximum absolute atomic E-state index is 13.7. The molecule has 0 radical (unpaired) electrons. The van der Waals surface area contributed by atoms with E-state index < -0.39 is 11.7 Å². The molecule has 10 heteroatoms. The highest BCUT2D eigenvalue weighted by Crippen LogP contribution is 2.29. The third-order valence-electron chi connectivity index (χ3n) is 6.17. The van der Waals surface area contributed by atoms with Gasteiger partial charge in [-0.2, -0.15) is 9.78 Å². The van der Waals surface area contributed by atoms with E-state index in [4.69, 9.17) is 20.8 Å². The summed E-state index contributed by atoms with van der Waals surface area (Å²) < 4.78 is 26.4. The fourth-order valence-corrected chi connectivity index (χ4v) is 4.37. The molecule has 1 N–H and O–H groups in total. The van der Waals surface area contributed by atoms with Crippen molar-refractivity contribution in [2.24, 2.45) is 5.10 Å². The van der Waals surface area contributed by atoms with E-state index in [0.717, 1.165) is 5.39 Å². The predicted molar refractivity (Wildman–Crippen MR) is 156 cm³/mol. The van der Waals surface area contributed by atoms with Crippen LogP contribution in [0.5, 0.6) is 5.75 Å². The molecule has 0 bridgehead atoms. The fraction of sp³-hybridized carbons (Fsp3) is 0.0323. The van der Waals surface area contributed by atoms with E-state index >= 15 is 0 Å². The Morgan fingerprint density at radius 3 is 2.63 bits per heavy atom. The van der Waals surface area contributed by atoms with Crippen molar-refractivity contribution in [2.45, 2.75) is 0 Å². The van der Waals surface area contributed by atoms with E-state index in [1.807, 2.05) is 0 Å². The van der Waals surface area contributed by atoms with Crippen molar-refractivity contribution >= 4 is 51.3 Å². The molecule has 0 atom stereocenters. The maximum atomic E-state index is 13.7. The van der Waals surface area contributed by atoms with Crippen LogP contribution in [0.4, 0.5) is 10.1 Å². The van der Waals surface area contributed by atoms with Crippen molar-refractivity contribution in [1.82, 2.24) is 9.66 Å². The molecular formula is C31H20ClFN4O4. The largest absolute Gasteiger partial charge is 0.484 e. The molecular weight excluding hydrogens is 547 g/mol. The number of aromatic nitrogens is 2. The summed E-state index contributed by atoms with van der Waals surface area (Å²) >= 11 is 6.13. The van der Waals surface area contributed by atoms with Crippen LogP contribution in [0.15, 0.2) is 111 Å². The summed E-state index contributed by atoms with van der Waals surface area (Å²) in [6.45, 7) is -0.300. The number of nitrogens with one attached hydrogen (secondary N) is 1. The Morgan fingerprint density at radius 2 is 1.80 bits per heavy atom. The van der Waals surface area contributed by atoms with Crippen LogP contribution in [0, 0.1) is 5.82 Å². The van der Waals surface area contributed by atoms with Gasteiger partial charge in [0.25, 0.3) is 11.5 Å². The number of carbonyl (C=O) groups excluding carboxylic acids is 1. The minimum absolute atomic E-state index is 0.0805. The van der Waals surface area contributed by atoms with Gasteiger partial charge in [-0.3, -0.25) is 9.59 Å². The fourth-order valence-electron chi connectivity index (χ4n) is 4.19. The van der Waals surface area contributed by atoms with Gasteiger partial charge >= 0.3 is 0 Å². The molecule has 0 aliphatic rings. The number of halogens is 2. The Bertz CT molecular complexity index is 2000. The van der Waals surface area contributed by atoms with Crippen LogP contribution in [0.3, 0.4) is 0 Å². The van der Waals surface area contributed by atoms with E-state index in [0.29, 0.717) is 38.6 Å². The van der Waals surface area contributed by atoms with Crippen LogP contribution < -0.4 is 15.6 Å². The number of ether oxygens (including phenoxy) is 1. The van der Waals surface area contributed by atoms with Gasteiger partial charge in [-0.05, 0) is 78.4 Å². The van der Waals surface area contributed by atoms with E-state index in [1.165, 1.54) is 29.1 Å². The minimum Gasteiger partial charge on any atom is -0.484 e. The lowest BCUT2D eigenvalue weighted by atomic mass is 10.2. The lowest BCUT2D eigenvalue weighted by Gasteiger charge is -2.08. The number of nitrogens with zero attached hydrogens (tertiary/aromatic N) is 3. The molecule has 202 valence electrons. The zero-order valence-corrected chi connectivity index (χ0v) is 22.0. The van der Waals surface area contributed by atoms with Crippen LogP contribution >= 0.6 is 11.6 Å². The normalized spacial score (nSPS) is 11.4. The number of hydrogen-bond acceptors (Lipinski definition) is 6. The van der Waals surface area contributed by atoms with Gasteiger partial charge in [0.1, 0.15) is 17.1 Å². The summed E-state index contributed by atoms with van der Waals surface area (Å²) in [7, 11) is 0. The van der Waals surface area contributed by atoms with Gasteiger partial charge < -0.3 is 14.5 Å². The first kappa shape index (κ1) is 26.0. The highest BCUT2D eigenvalue weighted by molar-refractivity contribution is 6.31. The van der Waals surface area contributed by atoms with Gasteiger partial charge in [0, 0.05) is 10.4 Å². The molecule has 4 aromatic carbocycles. The lowest BCUT2D eigenvalue weighted by Crippen LogP contribution is -2.20.